The second-order valence-electron chi connectivity index (χ2n) is 7.07. The van der Waals surface area contributed by atoms with Crippen molar-refractivity contribution in [3.05, 3.63) is 66.1 Å². The quantitative estimate of drug-likeness (QED) is 0.176. The highest BCUT2D eigenvalue weighted by molar-refractivity contribution is 14.1. The fourth-order valence-corrected chi connectivity index (χ4v) is 4.55. The average Bonchev–Trinajstić information content (AvgIpc) is 3.02. The van der Waals surface area contributed by atoms with Crippen molar-refractivity contribution in [1.29, 1.82) is 0 Å². The molecule has 1 saturated heterocycles. The second-order valence-corrected chi connectivity index (χ2v) is 9.22. The zero-order valence-corrected chi connectivity index (χ0v) is 20.6. The number of halogens is 1. The second kappa shape index (κ2) is 10.3. The lowest BCUT2D eigenvalue weighted by atomic mass is 10.1. The van der Waals surface area contributed by atoms with Crippen LogP contribution in [0.15, 0.2) is 41.3 Å². The van der Waals surface area contributed by atoms with Gasteiger partial charge in [0.2, 0.25) is 0 Å². The molecule has 1 heterocycles. The number of carbonyl (C=O) groups excluding carboxylic acids is 2. The molecule has 2 amide bonds. The largest absolute Gasteiger partial charge is 0.493 e. The molecule has 2 aromatic rings. The number of thioether (sulfide) groups is 1. The number of methoxy groups -OCH3 is 1. The molecule has 0 unspecified atom stereocenters. The highest BCUT2D eigenvalue weighted by Gasteiger charge is 2.35. The van der Waals surface area contributed by atoms with Crippen molar-refractivity contribution in [2.75, 3.05) is 7.11 Å². The summed E-state index contributed by atoms with van der Waals surface area (Å²) in [6.07, 6.45) is 2.50. The first kappa shape index (κ1) is 24.1. The normalized spacial score (nSPS) is 15.9. The summed E-state index contributed by atoms with van der Waals surface area (Å²) >= 11 is 2.98. The number of benzene rings is 2. The van der Waals surface area contributed by atoms with Crippen molar-refractivity contribution in [3.8, 4) is 11.5 Å². The summed E-state index contributed by atoms with van der Waals surface area (Å²) in [5.41, 5.74) is 1.11. The van der Waals surface area contributed by atoms with Crippen LogP contribution in [0.3, 0.4) is 0 Å². The molecule has 3 rings (SSSR count). The van der Waals surface area contributed by atoms with E-state index in [1.54, 1.807) is 25.3 Å². The van der Waals surface area contributed by atoms with Crippen LogP contribution in [0.5, 0.6) is 11.5 Å². The smallest absolute Gasteiger partial charge is 0.293 e. The third-order valence-electron chi connectivity index (χ3n) is 4.78. The van der Waals surface area contributed by atoms with Gasteiger partial charge < -0.3 is 9.47 Å². The molecule has 0 N–H and O–H groups in total. The van der Waals surface area contributed by atoms with Crippen LogP contribution >= 0.6 is 34.4 Å². The summed E-state index contributed by atoms with van der Waals surface area (Å²) in [7, 11) is 1.55. The molecule has 10 heteroatoms. The maximum atomic E-state index is 12.9. The number of nitro benzene ring substituents is 1. The summed E-state index contributed by atoms with van der Waals surface area (Å²) in [5.74, 6) is 0.734. The van der Waals surface area contributed by atoms with Crippen molar-refractivity contribution < 1.29 is 24.0 Å². The van der Waals surface area contributed by atoms with Gasteiger partial charge in [-0.3, -0.25) is 24.6 Å². The summed E-state index contributed by atoms with van der Waals surface area (Å²) in [4.78, 5) is 37.1. The minimum atomic E-state index is -0.513. The van der Waals surface area contributed by atoms with E-state index in [9.17, 15) is 19.7 Å². The Balaban J connectivity index is 1.85. The molecule has 0 radical (unpaired) electrons. The summed E-state index contributed by atoms with van der Waals surface area (Å²) in [6, 6.07) is 9.50. The molecule has 0 aromatic heterocycles. The van der Waals surface area contributed by atoms with E-state index in [1.165, 1.54) is 18.2 Å². The maximum Gasteiger partial charge on any atom is 0.293 e. The number of hydrogen-bond acceptors (Lipinski definition) is 7. The zero-order valence-electron chi connectivity index (χ0n) is 17.7. The molecule has 1 aliphatic heterocycles. The van der Waals surface area contributed by atoms with Crippen LogP contribution in [0.4, 0.5) is 10.5 Å². The Morgan fingerprint density at radius 1 is 1.28 bits per heavy atom. The van der Waals surface area contributed by atoms with E-state index in [2.05, 4.69) is 22.6 Å². The van der Waals surface area contributed by atoms with Gasteiger partial charge >= 0.3 is 0 Å². The van der Waals surface area contributed by atoms with Gasteiger partial charge in [-0.25, -0.2) is 0 Å². The Kier molecular flexibility index (Phi) is 7.77. The van der Waals surface area contributed by atoms with Crippen LogP contribution in [0.2, 0.25) is 0 Å². The molecular formula is C22H21IN2O6S. The van der Waals surface area contributed by atoms with Gasteiger partial charge in [-0.2, -0.15) is 0 Å². The van der Waals surface area contributed by atoms with Crippen molar-refractivity contribution in [3.63, 3.8) is 0 Å². The minimum Gasteiger partial charge on any atom is -0.493 e. The molecule has 2 aromatic carbocycles. The number of nitro groups is 1. The lowest BCUT2D eigenvalue weighted by Gasteiger charge is -2.17. The lowest BCUT2D eigenvalue weighted by Crippen LogP contribution is -2.27. The van der Waals surface area contributed by atoms with Crippen LogP contribution < -0.4 is 9.47 Å². The summed E-state index contributed by atoms with van der Waals surface area (Å²) < 4.78 is 12.2. The molecule has 1 fully saturated rings. The summed E-state index contributed by atoms with van der Waals surface area (Å²) in [5, 5.41) is 10.6. The zero-order chi connectivity index (χ0) is 23.4. The minimum absolute atomic E-state index is 0.0218. The van der Waals surface area contributed by atoms with Gasteiger partial charge in [0.05, 0.1) is 33.2 Å². The monoisotopic (exact) mass is 568 g/mol. The number of amides is 2. The van der Waals surface area contributed by atoms with Gasteiger partial charge in [-0.1, -0.05) is 19.1 Å². The van der Waals surface area contributed by atoms with Crippen molar-refractivity contribution >= 4 is 57.3 Å². The molecule has 0 aliphatic carbocycles. The third-order valence-corrected chi connectivity index (χ3v) is 6.49. The Bertz CT molecular complexity index is 1100. The molecule has 1 aliphatic rings. The Morgan fingerprint density at radius 3 is 2.69 bits per heavy atom. The number of non-ortho nitro benzene ring substituents is 1. The number of ether oxygens (including phenoxy) is 2. The summed E-state index contributed by atoms with van der Waals surface area (Å²) in [6.45, 7) is 3.97. The van der Waals surface area contributed by atoms with Crippen LogP contribution in [0.1, 0.15) is 31.4 Å². The van der Waals surface area contributed by atoms with E-state index < -0.39 is 16.1 Å². The number of carbonyl (C=O) groups is 2. The fraction of sp³-hybridized carbons (Fsp3) is 0.273. The average molecular weight is 568 g/mol. The van der Waals surface area contributed by atoms with E-state index in [-0.39, 0.29) is 23.2 Å². The van der Waals surface area contributed by atoms with Crippen LogP contribution in [0.25, 0.3) is 6.08 Å². The van der Waals surface area contributed by atoms with Gasteiger partial charge in [-0.15, -0.1) is 0 Å². The predicted molar refractivity (Wildman–Crippen MR) is 131 cm³/mol. The van der Waals surface area contributed by atoms with E-state index in [0.29, 0.717) is 22.6 Å². The lowest BCUT2D eigenvalue weighted by molar-refractivity contribution is -0.384. The van der Waals surface area contributed by atoms with E-state index >= 15 is 0 Å². The third kappa shape index (κ3) is 5.41. The molecule has 32 heavy (non-hydrogen) atoms. The SMILES string of the molecule is CC[C@@H](C)Oc1c(I)cc(/C=C2/SC(=O)N(Cc3cccc([N+](=O)[O-])c3)C2=O)cc1OC. The number of imide groups is 1. The molecular weight excluding hydrogens is 547 g/mol. The molecule has 1 atom stereocenters. The maximum absolute atomic E-state index is 12.9. The Hall–Kier alpha value is -2.60. The van der Waals surface area contributed by atoms with Crippen molar-refractivity contribution in [2.24, 2.45) is 0 Å². The molecule has 0 saturated carbocycles. The predicted octanol–water partition coefficient (Wildman–Crippen LogP) is 5.62. The first-order valence-corrected chi connectivity index (χ1v) is 11.7. The van der Waals surface area contributed by atoms with E-state index in [4.69, 9.17) is 9.47 Å². The molecule has 0 spiro atoms. The van der Waals surface area contributed by atoms with Gasteiger partial charge in [0.15, 0.2) is 11.5 Å². The van der Waals surface area contributed by atoms with Crippen molar-refractivity contribution in [2.45, 2.75) is 32.9 Å². The Morgan fingerprint density at radius 2 is 2.03 bits per heavy atom. The molecule has 8 nitrogen and oxygen atoms in total. The topological polar surface area (TPSA) is 99.0 Å². The highest BCUT2D eigenvalue weighted by atomic mass is 127. The van der Waals surface area contributed by atoms with Crippen molar-refractivity contribution in [1.82, 2.24) is 4.90 Å². The highest BCUT2D eigenvalue weighted by Crippen LogP contribution is 2.38. The van der Waals surface area contributed by atoms with Gasteiger partial charge in [0, 0.05) is 12.1 Å². The first-order chi connectivity index (χ1) is 15.2. The van der Waals surface area contributed by atoms with Crippen LogP contribution in [-0.2, 0) is 11.3 Å². The first-order valence-electron chi connectivity index (χ1n) is 9.76. The number of nitrogens with zero attached hydrogens (tertiary/aromatic N) is 2. The number of rotatable bonds is 8. The van der Waals surface area contributed by atoms with E-state index in [0.717, 1.165) is 26.7 Å². The van der Waals surface area contributed by atoms with E-state index in [1.807, 2.05) is 19.9 Å². The number of hydrogen-bond donors (Lipinski definition) is 0. The fourth-order valence-electron chi connectivity index (χ4n) is 2.96. The Labute approximate surface area is 203 Å². The van der Waals surface area contributed by atoms with Gasteiger partial charge in [0.25, 0.3) is 16.8 Å². The van der Waals surface area contributed by atoms with Crippen LogP contribution in [-0.4, -0.2) is 34.2 Å². The standard InChI is InChI=1S/C22H21IN2O6S/c1-4-13(2)31-20-17(23)9-15(10-18(20)30-3)11-19-21(26)24(22(27)32-19)12-14-6-5-7-16(8-14)25(28)29/h5-11,13H,4,12H2,1-3H3/b19-11+/t13-/m1/s1. The van der Waals surface area contributed by atoms with Gasteiger partial charge in [0.1, 0.15) is 0 Å². The van der Waals surface area contributed by atoms with Gasteiger partial charge in [-0.05, 0) is 77.0 Å². The molecule has 168 valence electrons. The van der Waals surface area contributed by atoms with Crippen LogP contribution in [0, 0.1) is 13.7 Å². The molecule has 0 bridgehead atoms.